The van der Waals surface area contributed by atoms with Crippen molar-refractivity contribution in [3.63, 3.8) is 0 Å². The van der Waals surface area contributed by atoms with Crippen LogP contribution in [0.3, 0.4) is 0 Å². The fraction of sp³-hybridized carbons (Fsp3) is 0.200. The van der Waals surface area contributed by atoms with Crippen LogP contribution >= 0.6 is 31.9 Å². The van der Waals surface area contributed by atoms with E-state index in [4.69, 9.17) is 14.6 Å². The summed E-state index contributed by atoms with van der Waals surface area (Å²) in [6, 6.07) is 8.58. The van der Waals surface area contributed by atoms with E-state index < -0.39 is 5.82 Å². The van der Waals surface area contributed by atoms with Gasteiger partial charge in [-0.2, -0.15) is 0 Å². The highest BCUT2D eigenvalue weighted by molar-refractivity contribution is 9.10. The van der Waals surface area contributed by atoms with E-state index in [1.807, 2.05) is 0 Å². The van der Waals surface area contributed by atoms with Gasteiger partial charge in [0.25, 0.3) is 0 Å². The molecule has 0 bridgehead atoms. The lowest BCUT2D eigenvalue weighted by atomic mass is 10.3. The van der Waals surface area contributed by atoms with Crippen molar-refractivity contribution >= 4 is 31.9 Å². The third kappa shape index (κ3) is 6.72. The Hall–Kier alpha value is -1.18. The molecule has 0 aliphatic carbocycles. The molecule has 0 spiro atoms. The Balaban J connectivity index is 0.000000235. The molecule has 1 N–H and O–H groups in total. The number of ether oxygens (including phenoxy) is 2. The van der Waals surface area contributed by atoms with Gasteiger partial charge in [0.1, 0.15) is 6.61 Å². The molecule has 0 saturated heterocycles. The lowest BCUT2D eigenvalue weighted by molar-refractivity contribution is 0.144. The molecule has 0 fully saturated rings. The van der Waals surface area contributed by atoms with Gasteiger partial charge in [-0.25, -0.2) is 8.78 Å². The second kappa shape index (κ2) is 9.76. The van der Waals surface area contributed by atoms with Crippen LogP contribution in [0.25, 0.3) is 0 Å². The van der Waals surface area contributed by atoms with Gasteiger partial charge in [0.05, 0.1) is 6.61 Å². The van der Waals surface area contributed by atoms with E-state index in [1.54, 1.807) is 19.2 Å². The monoisotopic (exact) mass is 438 g/mol. The molecule has 2 aromatic carbocycles. The number of aromatic hydroxyl groups is 1. The molecule has 0 saturated carbocycles. The molecule has 0 radical (unpaired) electrons. The molecule has 2 rings (SSSR count). The predicted molar refractivity (Wildman–Crippen MR) is 87.2 cm³/mol. The van der Waals surface area contributed by atoms with Gasteiger partial charge in [0, 0.05) is 16.1 Å². The predicted octanol–water partition coefficient (Wildman–Crippen LogP) is 4.91. The van der Waals surface area contributed by atoms with Gasteiger partial charge in [0.2, 0.25) is 0 Å². The second-order valence-corrected chi connectivity index (χ2v) is 5.84. The van der Waals surface area contributed by atoms with E-state index >= 15 is 0 Å². The van der Waals surface area contributed by atoms with Crippen molar-refractivity contribution in [2.24, 2.45) is 0 Å². The smallest absolute Gasteiger partial charge is 0.165 e. The zero-order valence-electron chi connectivity index (χ0n) is 11.7. The van der Waals surface area contributed by atoms with Crippen molar-refractivity contribution in [3.8, 4) is 11.5 Å². The standard InChI is InChI=1S/C9H10BrFO2.C6H4BrFO/c1-12-4-5-13-9-6-7(10)2-3-8(9)11;7-4-1-2-5(8)6(9)3-4/h2-3,6H,4-5H2,1H3;1-3,9H. The number of phenolic OH excluding ortho intramolecular Hbond substituents is 1. The maximum Gasteiger partial charge on any atom is 0.165 e. The molecule has 120 valence electrons. The van der Waals surface area contributed by atoms with Crippen LogP contribution in [-0.2, 0) is 4.74 Å². The highest BCUT2D eigenvalue weighted by Gasteiger charge is 2.02. The zero-order valence-corrected chi connectivity index (χ0v) is 14.8. The minimum absolute atomic E-state index is 0.242. The van der Waals surface area contributed by atoms with Crippen molar-refractivity contribution in [2.75, 3.05) is 20.3 Å². The summed E-state index contributed by atoms with van der Waals surface area (Å²) in [6.45, 7) is 0.801. The van der Waals surface area contributed by atoms with Gasteiger partial charge in [-0.15, -0.1) is 0 Å². The molecule has 0 unspecified atom stereocenters. The molecular formula is C15H14Br2F2O3. The van der Waals surface area contributed by atoms with Crippen LogP contribution in [0, 0.1) is 11.6 Å². The summed E-state index contributed by atoms with van der Waals surface area (Å²) in [4.78, 5) is 0. The minimum Gasteiger partial charge on any atom is -0.505 e. The molecule has 2 aromatic rings. The summed E-state index contributed by atoms with van der Waals surface area (Å²) in [6.07, 6.45) is 0. The van der Waals surface area contributed by atoms with Crippen LogP contribution in [0.5, 0.6) is 11.5 Å². The van der Waals surface area contributed by atoms with Crippen LogP contribution in [0.1, 0.15) is 0 Å². The zero-order chi connectivity index (χ0) is 16.5. The molecule has 0 heterocycles. The lowest BCUT2D eigenvalue weighted by Crippen LogP contribution is -2.05. The maximum atomic E-state index is 13.0. The average Bonchev–Trinajstić information content (AvgIpc) is 2.48. The Kier molecular flexibility index (Phi) is 8.37. The third-order valence-electron chi connectivity index (χ3n) is 2.35. The van der Waals surface area contributed by atoms with E-state index in [-0.39, 0.29) is 17.3 Å². The van der Waals surface area contributed by atoms with E-state index in [2.05, 4.69) is 31.9 Å². The first-order chi connectivity index (χ1) is 10.4. The molecule has 0 atom stereocenters. The Bertz CT molecular complexity index is 609. The van der Waals surface area contributed by atoms with Crippen LogP contribution in [0.15, 0.2) is 45.3 Å². The third-order valence-corrected chi connectivity index (χ3v) is 3.33. The highest BCUT2D eigenvalue weighted by Crippen LogP contribution is 2.22. The van der Waals surface area contributed by atoms with Crippen LogP contribution in [0.2, 0.25) is 0 Å². The van der Waals surface area contributed by atoms with Gasteiger partial charge in [-0.1, -0.05) is 31.9 Å². The quantitative estimate of drug-likeness (QED) is 0.688. The number of rotatable bonds is 4. The molecule has 0 aliphatic heterocycles. The molecule has 22 heavy (non-hydrogen) atoms. The normalized spacial score (nSPS) is 9.86. The van der Waals surface area contributed by atoms with Crippen LogP contribution in [0.4, 0.5) is 8.78 Å². The first kappa shape index (κ1) is 18.9. The fourth-order valence-electron chi connectivity index (χ4n) is 1.31. The Morgan fingerprint density at radius 2 is 1.55 bits per heavy atom. The molecule has 7 heteroatoms. The number of hydrogen-bond donors (Lipinski definition) is 1. The Labute approximate surface area is 144 Å². The summed E-state index contributed by atoms with van der Waals surface area (Å²) in [7, 11) is 1.57. The van der Waals surface area contributed by atoms with Gasteiger partial charge in [-0.3, -0.25) is 0 Å². The molecule has 0 aromatic heterocycles. The van der Waals surface area contributed by atoms with Gasteiger partial charge >= 0.3 is 0 Å². The van der Waals surface area contributed by atoms with Gasteiger partial charge in [0.15, 0.2) is 23.1 Å². The van der Waals surface area contributed by atoms with E-state index in [9.17, 15) is 8.78 Å². The summed E-state index contributed by atoms with van der Waals surface area (Å²) >= 11 is 6.30. The Morgan fingerprint density at radius 3 is 2.09 bits per heavy atom. The molecule has 0 aliphatic rings. The largest absolute Gasteiger partial charge is 0.505 e. The van der Waals surface area contributed by atoms with Crippen molar-refractivity contribution in [3.05, 3.63) is 57.0 Å². The minimum atomic E-state index is -0.599. The van der Waals surface area contributed by atoms with Crippen molar-refractivity contribution in [1.29, 1.82) is 0 Å². The summed E-state index contributed by atoms with van der Waals surface area (Å²) in [5, 5.41) is 8.70. The molecule has 0 amide bonds. The first-order valence-electron chi connectivity index (χ1n) is 6.15. The number of benzene rings is 2. The lowest BCUT2D eigenvalue weighted by Gasteiger charge is -2.06. The summed E-state index contributed by atoms with van der Waals surface area (Å²) < 4.78 is 36.6. The first-order valence-corrected chi connectivity index (χ1v) is 7.73. The van der Waals surface area contributed by atoms with Crippen molar-refractivity contribution in [1.82, 2.24) is 0 Å². The summed E-state index contributed by atoms with van der Waals surface area (Å²) in [5.74, 6) is -1.05. The van der Waals surface area contributed by atoms with Gasteiger partial charge < -0.3 is 14.6 Å². The highest BCUT2D eigenvalue weighted by atomic mass is 79.9. The van der Waals surface area contributed by atoms with Crippen molar-refractivity contribution < 1.29 is 23.4 Å². The van der Waals surface area contributed by atoms with Crippen LogP contribution in [-0.4, -0.2) is 25.4 Å². The fourth-order valence-corrected chi connectivity index (χ4v) is 2.00. The van der Waals surface area contributed by atoms with Crippen molar-refractivity contribution in [2.45, 2.75) is 0 Å². The number of hydrogen-bond acceptors (Lipinski definition) is 3. The maximum absolute atomic E-state index is 13.0. The van der Waals surface area contributed by atoms with Crippen LogP contribution < -0.4 is 4.74 Å². The van der Waals surface area contributed by atoms with Gasteiger partial charge in [-0.05, 0) is 36.4 Å². The number of methoxy groups -OCH3 is 1. The topological polar surface area (TPSA) is 38.7 Å². The average molecular weight is 440 g/mol. The van der Waals surface area contributed by atoms with E-state index in [0.29, 0.717) is 17.7 Å². The van der Waals surface area contributed by atoms with E-state index in [0.717, 1.165) is 4.47 Å². The number of halogens is 4. The summed E-state index contributed by atoms with van der Waals surface area (Å²) in [5.41, 5.74) is 0. The number of phenols is 1. The SMILES string of the molecule is COCCOc1cc(Br)ccc1F.Oc1cc(Br)ccc1F. The van der Waals surface area contributed by atoms with E-state index in [1.165, 1.54) is 24.3 Å². The molecular weight excluding hydrogens is 426 g/mol. The Morgan fingerprint density at radius 1 is 0.955 bits per heavy atom. The molecule has 3 nitrogen and oxygen atoms in total. The second-order valence-electron chi connectivity index (χ2n) is 4.01.